The van der Waals surface area contributed by atoms with Crippen molar-refractivity contribution < 1.29 is 13.9 Å². The SMILES string of the molecule is CCOc1nc(Nc2ccc(N3CCN(C)CC3)cc2F)ncc1C(=O)Nc1c(Cl)cccc1Cl. The molecule has 1 amide bonds. The van der Waals surface area contributed by atoms with E-state index in [-0.39, 0.29) is 35.4 Å². The zero-order chi connectivity index (χ0) is 24.9. The number of nitrogens with zero attached hydrogens (tertiary/aromatic N) is 4. The van der Waals surface area contributed by atoms with Crippen molar-refractivity contribution in [3.8, 4) is 5.88 Å². The molecule has 1 aliphatic rings. The Kier molecular flexibility index (Phi) is 7.90. The van der Waals surface area contributed by atoms with Crippen LogP contribution in [0.1, 0.15) is 17.3 Å². The Balaban J connectivity index is 1.52. The van der Waals surface area contributed by atoms with E-state index in [4.69, 9.17) is 27.9 Å². The van der Waals surface area contributed by atoms with Gasteiger partial charge in [0.05, 0.1) is 28.0 Å². The Bertz CT molecular complexity index is 1200. The third kappa shape index (κ3) is 5.93. The number of hydrogen-bond acceptors (Lipinski definition) is 7. The Morgan fingerprint density at radius 3 is 2.51 bits per heavy atom. The van der Waals surface area contributed by atoms with E-state index in [2.05, 4.69) is 37.4 Å². The van der Waals surface area contributed by atoms with E-state index < -0.39 is 11.7 Å². The second-order valence-electron chi connectivity index (χ2n) is 7.98. The van der Waals surface area contributed by atoms with Crippen molar-refractivity contribution in [2.24, 2.45) is 0 Å². The number of carbonyl (C=O) groups is 1. The highest BCUT2D eigenvalue weighted by molar-refractivity contribution is 6.40. The maximum Gasteiger partial charge on any atom is 0.262 e. The van der Waals surface area contributed by atoms with E-state index in [1.807, 2.05) is 6.07 Å². The number of likely N-dealkylation sites (N-methyl/N-ethyl adjacent to an activating group) is 1. The summed E-state index contributed by atoms with van der Waals surface area (Å²) in [6.07, 6.45) is 1.30. The number of para-hydroxylation sites is 1. The zero-order valence-corrected chi connectivity index (χ0v) is 20.8. The molecule has 11 heteroatoms. The van der Waals surface area contributed by atoms with E-state index in [0.29, 0.717) is 10.0 Å². The summed E-state index contributed by atoms with van der Waals surface area (Å²) in [7, 11) is 2.07. The number of anilines is 4. The average Bonchev–Trinajstić information content (AvgIpc) is 2.83. The Morgan fingerprint density at radius 1 is 1.14 bits per heavy atom. The third-order valence-corrected chi connectivity index (χ3v) is 6.18. The molecule has 2 heterocycles. The van der Waals surface area contributed by atoms with Crippen LogP contribution in [0, 0.1) is 5.82 Å². The lowest BCUT2D eigenvalue weighted by Gasteiger charge is -2.34. The summed E-state index contributed by atoms with van der Waals surface area (Å²) in [5, 5.41) is 6.11. The minimum absolute atomic E-state index is 0.0418. The monoisotopic (exact) mass is 518 g/mol. The second kappa shape index (κ2) is 11.1. The van der Waals surface area contributed by atoms with Crippen molar-refractivity contribution in [3.63, 3.8) is 0 Å². The number of amides is 1. The van der Waals surface area contributed by atoms with E-state index in [0.717, 1.165) is 31.9 Å². The van der Waals surface area contributed by atoms with Gasteiger partial charge in [-0.05, 0) is 44.3 Å². The molecule has 0 radical (unpaired) electrons. The van der Waals surface area contributed by atoms with Crippen molar-refractivity contribution in [1.29, 1.82) is 0 Å². The van der Waals surface area contributed by atoms with Gasteiger partial charge in [0.2, 0.25) is 11.8 Å². The number of nitrogens with one attached hydrogen (secondary N) is 2. The standard InChI is InChI=1S/C24H25Cl2FN6O2/c1-3-35-23-16(22(34)30-21-17(25)5-4-6-18(21)26)14-28-24(31-23)29-20-8-7-15(13-19(20)27)33-11-9-32(2)10-12-33/h4-8,13-14H,3,9-12H2,1-2H3,(H,30,34)(H,28,29,31). The third-order valence-electron chi connectivity index (χ3n) is 5.55. The van der Waals surface area contributed by atoms with Crippen LogP contribution in [0.15, 0.2) is 42.6 Å². The molecule has 1 aromatic heterocycles. The summed E-state index contributed by atoms with van der Waals surface area (Å²) in [5.41, 5.74) is 1.39. The van der Waals surface area contributed by atoms with Crippen LogP contribution in [-0.4, -0.2) is 60.6 Å². The summed E-state index contributed by atoms with van der Waals surface area (Å²) < 4.78 is 20.4. The van der Waals surface area contributed by atoms with Crippen LogP contribution in [0.4, 0.5) is 27.4 Å². The van der Waals surface area contributed by atoms with Crippen molar-refractivity contribution in [2.45, 2.75) is 6.92 Å². The summed E-state index contributed by atoms with van der Waals surface area (Å²) in [5.74, 6) is -0.844. The van der Waals surface area contributed by atoms with Gasteiger partial charge in [-0.3, -0.25) is 4.79 Å². The molecular weight excluding hydrogens is 494 g/mol. The molecule has 1 aliphatic heterocycles. The summed E-state index contributed by atoms with van der Waals surface area (Å²) in [4.78, 5) is 25.7. The minimum atomic E-state index is -0.544. The molecular formula is C24H25Cl2FN6O2. The topological polar surface area (TPSA) is 82.6 Å². The van der Waals surface area contributed by atoms with Crippen LogP contribution in [-0.2, 0) is 0 Å². The highest BCUT2D eigenvalue weighted by Crippen LogP contribution is 2.31. The van der Waals surface area contributed by atoms with Gasteiger partial charge in [-0.15, -0.1) is 0 Å². The lowest BCUT2D eigenvalue weighted by molar-refractivity contribution is 0.102. The lowest BCUT2D eigenvalue weighted by atomic mass is 10.2. The second-order valence-corrected chi connectivity index (χ2v) is 8.79. The number of ether oxygens (including phenoxy) is 1. The fraction of sp³-hybridized carbons (Fsp3) is 0.292. The van der Waals surface area contributed by atoms with E-state index >= 15 is 0 Å². The van der Waals surface area contributed by atoms with Crippen molar-refractivity contribution >= 4 is 52.1 Å². The summed E-state index contributed by atoms with van der Waals surface area (Å²) in [6, 6.07) is 9.89. The average molecular weight is 519 g/mol. The molecule has 184 valence electrons. The van der Waals surface area contributed by atoms with Crippen LogP contribution in [0.3, 0.4) is 0 Å². The van der Waals surface area contributed by atoms with Crippen LogP contribution in [0.25, 0.3) is 0 Å². The first-order chi connectivity index (χ1) is 16.9. The normalized spacial score (nSPS) is 14.0. The van der Waals surface area contributed by atoms with Crippen LogP contribution >= 0.6 is 23.2 Å². The van der Waals surface area contributed by atoms with E-state index in [9.17, 15) is 9.18 Å². The highest BCUT2D eigenvalue weighted by Gasteiger charge is 2.20. The molecule has 0 atom stereocenters. The first-order valence-corrected chi connectivity index (χ1v) is 11.9. The predicted octanol–water partition coefficient (Wildman–Crippen LogP) is 5.07. The predicted molar refractivity (Wildman–Crippen MR) is 137 cm³/mol. The Labute approximate surface area is 213 Å². The first-order valence-electron chi connectivity index (χ1n) is 11.1. The van der Waals surface area contributed by atoms with Gasteiger partial charge in [-0.2, -0.15) is 4.98 Å². The van der Waals surface area contributed by atoms with Crippen LogP contribution in [0.5, 0.6) is 5.88 Å². The number of piperazine rings is 1. The van der Waals surface area contributed by atoms with E-state index in [1.54, 1.807) is 31.2 Å². The molecule has 2 N–H and O–H groups in total. The fourth-order valence-corrected chi connectivity index (χ4v) is 4.11. The molecule has 0 saturated carbocycles. The molecule has 0 spiro atoms. The number of benzene rings is 2. The van der Waals surface area contributed by atoms with Gasteiger partial charge >= 0.3 is 0 Å². The van der Waals surface area contributed by atoms with Gasteiger partial charge < -0.3 is 25.2 Å². The molecule has 1 saturated heterocycles. The molecule has 0 bridgehead atoms. The van der Waals surface area contributed by atoms with Crippen molar-refractivity contribution in [1.82, 2.24) is 14.9 Å². The number of carbonyl (C=O) groups excluding carboxylic acids is 1. The number of aromatic nitrogens is 2. The minimum Gasteiger partial charge on any atom is -0.477 e. The smallest absolute Gasteiger partial charge is 0.262 e. The number of hydrogen-bond donors (Lipinski definition) is 2. The van der Waals surface area contributed by atoms with Gasteiger partial charge in [0, 0.05) is 38.1 Å². The summed E-state index contributed by atoms with van der Waals surface area (Å²) >= 11 is 12.3. The zero-order valence-electron chi connectivity index (χ0n) is 19.3. The first kappa shape index (κ1) is 25.0. The van der Waals surface area contributed by atoms with Crippen LogP contribution in [0.2, 0.25) is 10.0 Å². The molecule has 8 nitrogen and oxygen atoms in total. The van der Waals surface area contributed by atoms with Gasteiger partial charge in [0.15, 0.2) is 0 Å². The van der Waals surface area contributed by atoms with Gasteiger partial charge in [0.25, 0.3) is 5.91 Å². The van der Waals surface area contributed by atoms with E-state index in [1.165, 1.54) is 12.3 Å². The van der Waals surface area contributed by atoms with Crippen molar-refractivity contribution in [2.75, 3.05) is 55.4 Å². The number of rotatable bonds is 7. The van der Waals surface area contributed by atoms with Crippen molar-refractivity contribution in [3.05, 3.63) is 64.0 Å². The van der Waals surface area contributed by atoms with Gasteiger partial charge in [-0.25, -0.2) is 9.37 Å². The maximum absolute atomic E-state index is 14.9. The molecule has 0 unspecified atom stereocenters. The maximum atomic E-state index is 14.9. The molecule has 3 aromatic rings. The fourth-order valence-electron chi connectivity index (χ4n) is 3.61. The lowest BCUT2D eigenvalue weighted by Crippen LogP contribution is -2.44. The Morgan fingerprint density at radius 2 is 1.86 bits per heavy atom. The van der Waals surface area contributed by atoms with Gasteiger partial charge in [0.1, 0.15) is 11.4 Å². The Hall–Kier alpha value is -3.14. The largest absolute Gasteiger partial charge is 0.477 e. The molecule has 0 aliphatic carbocycles. The molecule has 1 fully saturated rings. The van der Waals surface area contributed by atoms with Gasteiger partial charge in [-0.1, -0.05) is 29.3 Å². The number of halogens is 3. The molecule has 4 rings (SSSR count). The summed E-state index contributed by atoms with van der Waals surface area (Å²) in [6.45, 7) is 5.56. The highest BCUT2D eigenvalue weighted by atomic mass is 35.5. The molecule has 2 aromatic carbocycles. The molecule has 35 heavy (non-hydrogen) atoms. The van der Waals surface area contributed by atoms with Crippen LogP contribution < -0.4 is 20.3 Å². The quantitative estimate of drug-likeness (QED) is 0.451.